The summed E-state index contributed by atoms with van der Waals surface area (Å²) in [5.41, 5.74) is 7.98. The van der Waals surface area contributed by atoms with E-state index in [-0.39, 0.29) is 17.9 Å². The summed E-state index contributed by atoms with van der Waals surface area (Å²) in [6.45, 7) is 0. The molecule has 0 saturated heterocycles. The Morgan fingerprint density at radius 3 is 2.61 bits per heavy atom. The Kier molecular flexibility index (Phi) is 4.19. The van der Waals surface area contributed by atoms with Crippen molar-refractivity contribution in [2.24, 2.45) is 5.73 Å². The Morgan fingerprint density at radius 2 is 2.00 bits per heavy atom. The standard InChI is InChI=1S/C16H17N5O.ClH/c17-16(7-1-8-16)15-19-14(22-20-15)11-12-3-5-13(6-4-12)21-10-2-9-18-21;/h2-6,9-10H,1,7-8,11,17H2;1H. The van der Waals surface area contributed by atoms with E-state index in [1.165, 1.54) is 0 Å². The number of nitrogens with zero attached hydrogens (tertiary/aromatic N) is 4. The summed E-state index contributed by atoms with van der Waals surface area (Å²) in [4.78, 5) is 4.45. The van der Waals surface area contributed by atoms with E-state index in [2.05, 4.69) is 15.2 Å². The lowest BCUT2D eigenvalue weighted by Gasteiger charge is -2.34. The van der Waals surface area contributed by atoms with Crippen LogP contribution < -0.4 is 5.73 Å². The molecule has 6 nitrogen and oxygen atoms in total. The van der Waals surface area contributed by atoms with Crippen molar-refractivity contribution in [1.82, 2.24) is 19.9 Å². The number of benzene rings is 1. The molecule has 0 amide bonds. The lowest BCUT2D eigenvalue weighted by atomic mass is 9.77. The molecule has 1 fully saturated rings. The Bertz CT molecular complexity index is 762. The Hall–Kier alpha value is -2.18. The zero-order valence-electron chi connectivity index (χ0n) is 12.6. The van der Waals surface area contributed by atoms with Crippen molar-refractivity contribution in [3.8, 4) is 5.69 Å². The fourth-order valence-corrected chi connectivity index (χ4v) is 2.67. The van der Waals surface area contributed by atoms with Gasteiger partial charge in [0.1, 0.15) is 0 Å². The van der Waals surface area contributed by atoms with Crippen LogP contribution in [0.25, 0.3) is 5.69 Å². The van der Waals surface area contributed by atoms with Crippen LogP contribution in [0.4, 0.5) is 0 Å². The summed E-state index contributed by atoms with van der Waals surface area (Å²) in [6.07, 6.45) is 7.29. The minimum absolute atomic E-state index is 0. The summed E-state index contributed by atoms with van der Waals surface area (Å²) in [5.74, 6) is 1.25. The molecule has 1 aliphatic rings. The van der Waals surface area contributed by atoms with E-state index >= 15 is 0 Å². The third-order valence-corrected chi connectivity index (χ3v) is 4.22. The van der Waals surface area contributed by atoms with E-state index < -0.39 is 0 Å². The van der Waals surface area contributed by atoms with Gasteiger partial charge in [-0.1, -0.05) is 17.3 Å². The predicted octanol–water partition coefficient (Wildman–Crippen LogP) is 2.61. The largest absolute Gasteiger partial charge is 0.339 e. The van der Waals surface area contributed by atoms with Crippen LogP contribution in [-0.2, 0) is 12.0 Å². The monoisotopic (exact) mass is 331 g/mol. The van der Waals surface area contributed by atoms with E-state index in [1.807, 2.05) is 41.2 Å². The van der Waals surface area contributed by atoms with E-state index in [4.69, 9.17) is 10.3 Å². The second-order valence-electron chi connectivity index (χ2n) is 5.82. The van der Waals surface area contributed by atoms with Gasteiger partial charge in [-0.2, -0.15) is 10.1 Å². The lowest BCUT2D eigenvalue weighted by molar-refractivity contribution is 0.229. The van der Waals surface area contributed by atoms with Gasteiger partial charge in [-0.3, -0.25) is 0 Å². The van der Waals surface area contributed by atoms with Gasteiger partial charge in [-0.25, -0.2) is 4.68 Å². The van der Waals surface area contributed by atoms with Gasteiger partial charge in [-0.15, -0.1) is 12.4 Å². The molecule has 23 heavy (non-hydrogen) atoms. The van der Waals surface area contributed by atoms with Crippen molar-refractivity contribution in [2.75, 3.05) is 0 Å². The van der Waals surface area contributed by atoms with Crippen LogP contribution in [0.2, 0.25) is 0 Å². The van der Waals surface area contributed by atoms with Crippen molar-refractivity contribution in [2.45, 2.75) is 31.2 Å². The van der Waals surface area contributed by atoms with Crippen LogP contribution >= 0.6 is 12.4 Å². The second-order valence-corrected chi connectivity index (χ2v) is 5.82. The third kappa shape index (κ3) is 3.00. The minimum atomic E-state index is -0.369. The van der Waals surface area contributed by atoms with Gasteiger partial charge < -0.3 is 10.3 Å². The van der Waals surface area contributed by atoms with Crippen LogP contribution in [0.5, 0.6) is 0 Å². The van der Waals surface area contributed by atoms with Gasteiger partial charge in [0.2, 0.25) is 5.89 Å². The topological polar surface area (TPSA) is 82.8 Å². The predicted molar refractivity (Wildman–Crippen MR) is 87.6 cm³/mol. The van der Waals surface area contributed by atoms with Crippen LogP contribution in [0.15, 0.2) is 47.2 Å². The highest BCUT2D eigenvalue weighted by atomic mass is 35.5. The molecule has 1 aromatic carbocycles. The first kappa shape index (κ1) is 15.7. The highest BCUT2D eigenvalue weighted by molar-refractivity contribution is 5.85. The molecule has 0 atom stereocenters. The molecule has 0 bridgehead atoms. The lowest BCUT2D eigenvalue weighted by Crippen LogP contribution is -2.44. The molecule has 0 aliphatic heterocycles. The van der Waals surface area contributed by atoms with Gasteiger partial charge >= 0.3 is 0 Å². The van der Waals surface area contributed by atoms with E-state index in [0.29, 0.717) is 18.1 Å². The normalized spacial score (nSPS) is 15.7. The van der Waals surface area contributed by atoms with E-state index in [9.17, 15) is 0 Å². The molecule has 0 radical (unpaired) electrons. The average molecular weight is 332 g/mol. The fourth-order valence-electron chi connectivity index (χ4n) is 2.67. The van der Waals surface area contributed by atoms with Gasteiger partial charge in [0.15, 0.2) is 5.82 Å². The van der Waals surface area contributed by atoms with Gasteiger partial charge in [0.25, 0.3) is 0 Å². The van der Waals surface area contributed by atoms with Crippen LogP contribution in [-0.4, -0.2) is 19.9 Å². The molecule has 0 spiro atoms. The van der Waals surface area contributed by atoms with Crippen LogP contribution in [0.1, 0.15) is 36.5 Å². The highest BCUT2D eigenvalue weighted by Gasteiger charge is 2.38. The molecule has 2 heterocycles. The molecule has 7 heteroatoms. The third-order valence-electron chi connectivity index (χ3n) is 4.22. The van der Waals surface area contributed by atoms with Crippen molar-refractivity contribution in [3.63, 3.8) is 0 Å². The average Bonchev–Trinajstić information content (AvgIpc) is 3.17. The van der Waals surface area contributed by atoms with Crippen molar-refractivity contribution in [1.29, 1.82) is 0 Å². The Labute approximate surface area is 140 Å². The first-order valence-corrected chi connectivity index (χ1v) is 7.44. The molecular weight excluding hydrogens is 314 g/mol. The highest BCUT2D eigenvalue weighted by Crippen LogP contribution is 2.36. The molecule has 0 unspecified atom stereocenters. The first-order valence-electron chi connectivity index (χ1n) is 7.44. The number of aromatic nitrogens is 4. The number of nitrogens with two attached hydrogens (primary N) is 1. The smallest absolute Gasteiger partial charge is 0.231 e. The maximum Gasteiger partial charge on any atom is 0.231 e. The first-order chi connectivity index (χ1) is 10.7. The van der Waals surface area contributed by atoms with Crippen LogP contribution in [0, 0.1) is 0 Å². The summed E-state index contributed by atoms with van der Waals surface area (Å²) >= 11 is 0. The van der Waals surface area contributed by atoms with Crippen molar-refractivity contribution >= 4 is 12.4 Å². The van der Waals surface area contributed by atoms with Crippen molar-refractivity contribution in [3.05, 3.63) is 60.0 Å². The summed E-state index contributed by atoms with van der Waals surface area (Å²) in [6, 6.07) is 10.0. The number of rotatable bonds is 4. The summed E-state index contributed by atoms with van der Waals surface area (Å²) in [7, 11) is 0. The molecule has 1 aliphatic carbocycles. The minimum Gasteiger partial charge on any atom is -0.339 e. The molecular formula is C16H18ClN5O. The fraction of sp³-hybridized carbons (Fsp3) is 0.312. The number of hydrogen-bond acceptors (Lipinski definition) is 5. The zero-order valence-corrected chi connectivity index (χ0v) is 13.4. The SMILES string of the molecule is Cl.NC1(c2noc(Cc3ccc(-n4cccn4)cc3)n2)CCC1. The molecule has 2 N–H and O–H groups in total. The maximum absolute atomic E-state index is 6.21. The van der Waals surface area contributed by atoms with Crippen LogP contribution in [0.3, 0.4) is 0 Å². The Balaban J connectivity index is 0.00000156. The van der Waals surface area contributed by atoms with E-state index in [0.717, 1.165) is 30.5 Å². The second kappa shape index (κ2) is 6.14. The van der Waals surface area contributed by atoms with Gasteiger partial charge in [0, 0.05) is 12.4 Å². The van der Waals surface area contributed by atoms with E-state index in [1.54, 1.807) is 6.20 Å². The molecule has 3 aromatic rings. The molecule has 4 rings (SSSR count). The maximum atomic E-state index is 6.21. The number of halogens is 1. The molecule has 120 valence electrons. The molecule has 1 saturated carbocycles. The van der Waals surface area contributed by atoms with Crippen molar-refractivity contribution < 1.29 is 4.52 Å². The summed E-state index contributed by atoms with van der Waals surface area (Å²) in [5, 5.41) is 8.25. The zero-order chi connectivity index (χ0) is 15.0. The number of hydrogen-bond donors (Lipinski definition) is 1. The summed E-state index contributed by atoms with van der Waals surface area (Å²) < 4.78 is 7.16. The molecule has 2 aromatic heterocycles. The Morgan fingerprint density at radius 1 is 1.22 bits per heavy atom. The quantitative estimate of drug-likeness (QED) is 0.794. The van der Waals surface area contributed by atoms with Gasteiger partial charge in [0.05, 0.1) is 17.6 Å². The van der Waals surface area contributed by atoms with Gasteiger partial charge in [-0.05, 0) is 43.0 Å².